The number of pyridine rings is 1. The number of hydrogen-bond acceptors (Lipinski definition) is 5. The monoisotopic (exact) mass is 330 g/mol. The van der Waals surface area contributed by atoms with E-state index in [1.54, 1.807) is 11.2 Å². The van der Waals surface area contributed by atoms with Gasteiger partial charge in [0.05, 0.1) is 34.7 Å². The zero-order valence-corrected chi connectivity index (χ0v) is 14.0. The summed E-state index contributed by atoms with van der Waals surface area (Å²) >= 11 is 0. The van der Waals surface area contributed by atoms with Crippen LogP contribution in [0.3, 0.4) is 0 Å². The fourth-order valence-electron chi connectivity index (χ4n) is 2.74. The van der Waals surface area contributed by atoms with Crippen molar-refractivity contribution < 1.29 is 4.74 Å². The SMILES string of the molecule is C=C1C=CC(COc2cnc3c(c2)N=C(c2ccccc2)C3)=NN1C. The van der Waals surface area contributed by atoms with Gasteiger partial charge in [0.25, 0.3) is 0 Å². The summed E-state index contributed by atoms with van der Waals surface area (Å²) in [4.78, 5) is 9.21. The van der Waals surface area contributed by atoms with Crippen LogP contribution < -0.4 is 4.74 Å². The fourth-order valence-corrected chi connectivity index (χ4v) is 2.74. The van der Waals surface area contributed by atoms with Crippen molar-refractivity contribution in [3.63, 3.8) is 0 Å². The van der Waals surface area contributed by atoms with Crippen LogP contribution in [0.15, 0.2) is 77.1 Å². The Bertz CT molecular complexity index is 913. The van der Waals surface area contributed by atoms with E-state index in [9.17, 15) is 0 Å². The van der Waals surface area contributed by atoms with Crippen LogP contribution in [0.1, 0.15) is 11.3 Å². The van der Waals surface area contributed by atoms with E-state index in [0.29, 0.717) is 12.4 Å². The van der Waals surface area contributed by atoms with E-state index in [0.717, 1.165) is 40.5 Å². The average Bonchev–Trinajstić information content (AvgIpc) is 3.07. The van der Waals surface area contributed by atoms with Crippen molar-refractivity contribution >= 4 is 17.1 Å². The molecular weight excluding hydrogens is 312 g/mol. The molecule has 0 spiro atoms. The zero-order valence-electron chi connectivity index (χ0n) is 14.0. The van der Waals surface area contributed by atoms with Gasteiger partial charge in [-0.1, -0.05) is 36.9 Å². The number of ether oxygens (including phenoxy) is 1. The van der Waals surface area contributed by atoms with Crippen LogP contribution in [-0.4, -0.2) is 35.1 Å². The Labute approximate surface area is 146 Å². The van der Waals surface area contributed by atoms with Crippen LogP contribution in [0.5, 0.6) is 5.75 Å². The Morgan fingerprint density at radius 1 is 1.20 bits per heavy atom. The first-order valence-corrected chi connectivity index (χ1v) is 8.12. The highest BCUT2D eigenvalue weighted by Gasteiger charge is 2.18. The Hall–Kier alpha value is -3.21. The molecule has 0 N–H and O–H groups in total. The van der Waals surface area contributed by atoms with Crippen molar-refractivity contribution in [2.24, 2.45) is 10.1 Å². The smallest absolute Gasteiger partial charge is 0.140 e. The predicted octanol–water partition coefficient (Wildman–Crippen LogP) is 3.51. The van der Waals surface area contributed by atoms with Gasteiger partial charge >= 0.3 is 0 Å². The quantitative estimate of drug-likeness (QED) is 0.862. The minimum absolute atomic E-state index is 0.379. The minimum atomic E-state index is 0.379. The molecule has 0 radical (unpaired) electrons. The first-order valence-electron chi connectivity index (χ1n) is 8.12. The second-order valence-electron chi connectivity index (χ2n) is 5.97. The minimum Gasteiger partial charge on any atom is -0.486 e. The first-order chi connectivity index (χ1) is 12.2. The molecular formula is C20H18N4O. The molecule has 1 aromatic carbocycles. The maximum atomic E-state index is 5.83. The van der Waals surface area contributed by atoms with Gasteiger partial charge in [0.1, 0.15) is 12.4 Å². The summed E-state index contributed by atoms with van der Waals surface area (Å²) in [7, 11) is 1.86. The lowest BCUT2D eigenvalue weighted by Crippen LogP contribution is -2.20. The summed E-state index contributed by atoms with van der Waals surface area (Å²) in [5, 5.41) is 6.13. The molecule has 124 valence electrons. The molecule has 2 aromatic rings. The molecule has 0 unspecified atom stereocenters. The number of benzene rings is 1. The number of fused-ring (bicyclic) bond motifs is 1. The lowest BCUT2D eigenvalue weighted by Gasteiger charge is -2.18. The van der Waals surface area contributed by atoms with Gasteiger partial charge < -0.3 is 4.74 Å². The number of allylic oxidation sites excluding steroid dienone is 1. The molecule has 1 aromatic heterocycles. The van der Waals surface area contributed by atoms with E-state index in [1.165, 1.54) is 0 Å². The van der Waals surface area contributed by atoms with E-state index >= 15 is 0 Å². The van der Waals surface area contributed by atoms with E-state index in [-0.39, 0.29) is 0 Å². The van der Waals surface area contributed by atoms with Gasteiger partial charge in [0, 0.05) is 19.5 Å². The highest BCUT2D eigenvalue weighted by atomic mass is 16.5. The highest BCUT2D eigenvalue weighted by molar-refractivity contribution is 6.06. The van der Waals surface area contributed by atoms with Crippen LogP contribution in [0.4, 0.5) is 5.69 Å². The third-order valence-corrected chi connectivity index (χ3v) is 4.17. The topological polar surface area (TPSA) is 50.1 Å². The van der Waals surface area contributed by atoms with E-state index in [2.05, 4.69) is 28.8 Å². The molecule has 0 bridgehead atoms. The molecule has 0 atom stereocenters. The summed E-state index contributed by atoms with van der Waals surface area (Å²) in [6, 6.07) is 12.1. The zero-order chi connectivity index (χ0) is 17.2. The molecule has 0 saturated carbocycles. The molecule has 0 aliphatic carbocycles. The predicted molar refractivity (Wildman–Crippen MR) is 99.6 cm³/mol. The molecule has 0 fully saturated rings. The summed E-state index contributed by atoms with van der Waals surface area (Å²) in [6.07, 6.45) is 6.33. The van der Waals surface area contributed by atoms with Gasteiger partial charge in [-0.25, -0.2) is 0 Å². The molecule has 0 amide bonds. The Kier molecular flexibility index (Phi) is 3.90. The van der Waals surface area contributed by atoms with Gasteiger partial charge in [-0.3, -0.25) is 15.0 Å². The number of likely N-dealkylation sites (N-methyl/N-ethyl adjacent to an activating group) is 1. The summed E-state index contributed by atoms with van der Waals surface area (Å²) < 4.78 is 5.83. The fraction of sp³-hybridized carbons (Fsp3) is 0.150. The largest absolute Gasteiger partial charge is 0.486 e. The molecule has 5 nitrogen and oxygen atoms in total. The van der Waals surface area contributed by atoms with Gasteiger partial charge in [-0.2, -0.15) is 5.10 Å². The van der Waals surface area contributed by atoms with Crippen LogP contribution in [-0.2, 0) is 6.42 Å². The molecule has 4 rings (SSSR count). The van der Waals surface area contributed by atoms with Gasteiger partial charge in [-0.15, -0.1) is 0 Å². The molecule has 5 heteroatoms. The van der Waals surface area contributed by atoms with Crippen molar-refractivity contribution in [1.82, 2.24) is 9.99 Å². The second-order valence-corrected chi connectivity index (χ2v) is 5.97. The van der Waals surface area contributed by atoms with Crippen molar-refractivity contribution in [2.75, 3.05) is 13.7 Å². The van der Waals surface area contributed by atoms with Crippen LogP contribution >= 0.6 is 0 Å². The van der Waals surface area contributed by atoms with Gasteiger partial charge in [0.2, 0.25) is 0 Å². The molecule has 0 saturated heterocycles. The number of hydrogen-bond donors (Lipinski definition) is 0. The number of aromatic nitrogens is 1. The highest BCUT2D eigenvalue weighted by Crippen LogP contribution is 2.30. The van der Waals surface area contributed by atoms with E-state index in [1.807, 2.05) is 43.5 Å². The Morgan fingerprint density at radius 3 is 2.84 bits per heavy atom. The molecule has 2 aliphatic rings. The number of rotatable bonds is 4. The van der Waals surface area contributed by atoms with Crippen molar-refractivity contribution in [3.8, 4) is 5.75 Å². The second kappa shape index (κ2) is 6.36. The van der Waals surface area contributed by atoms with Crippen LogP contribution in [0.2, 0.25) is 0 Å². The summed E-state index contributed by atoms with van der Waals surface area (Å²) in [6.45, 7) is 4.26. The van der Waals surface area contributed by atoms with Crippen molar-refractivity contribution in [3.05, 3.63) is 78.3 Å². The molecule has 2 aliphatic heterocycles. The lowest BCUT2D eigenvalue weighted by molar-refractivity contribution is 0.367. The maximum Gasteiger partial charge on any atom is 0.140 e. The maximum absolute atomic E-state index is 5.83. The first kappa shape index (κ1) is 15.3. The van der Waals surface area contributed by atoms with E-state index < -0.39 is 0 Å². The third-order valence-electron chi connectivity index (χ3n) is 4.17. The van der Waals surface area contributed by atoms with Gasteiger partial charge in [-0.05, 0) is 17.7 Å². The molecule has 3 heterocycles. The number of nitrogens with zero attached hydrogens (tertiary/aromatic N) is 4. The lowest BCUT2D eigenvalue weighted by atomic mass is 10.1. The van der Waals surface area contributed by atoms with Gasteiger partial charge in [0.15, 0.2) is 0 Å². The van der Waals surface area contributed by atoms with Crippen molar-refractivity contribution in [2.45, 2.75) is 6.42 Å². The Morgan fingerprint density at radius 2 is 2.04 bits per heavy atom. The third kappa shape index (κ3) is 3.21. The Balaban J connectivity index is 1.48. The van der Waals surface area contributed by atoms with Crippen LogP contribution in [0.25, 0.3) is 0 Å². The standard InChI is InChI=1S/C20H18N4O/c1-14-8-9-16(23-24(14)2)13-25-17-10-20-19(21-12-17)11-18(22-20)15-6-4-3-5-7-15/h3-10,12H,1,11,13H2,2H3. The number of hydrazone groups is 1. The number of aliphatic imine (C=N–C) groups is 1. The average molecular weight is 330 g/mol. The van der Waals surface area contributed by atoms with Crippen LogP contribution in [0, 0.1) is 0 Å². The van der Waals surface area contributed by atoms with E-state index in [4.69, 9.17) is 9.73 Å². The molecule has 25 heavy (non-hydrogen) atoms. The summed E-state index contributed by atoms with van der Waals surface area (Å²) in [5.41, 5.74) is 5.72. The summed E-state index contributed by atoms with van der Waals surface area (Å²) in [5.74, 6) is 0.694. The van der Waals surface area contributed by atoms with Crippen molar-refractivity contribution in [1.29, 1.82) is 0 Å². The normalized spacial score (nSPS) is 15.7.